The van der Waals surface area contributed by atoms with Gasteiger partial charge in [0.05, 0.1) is 18.8 Å². The molecule has 2 heterocycles. The molecule has 1 atom stereocenters. The summed E-state index contributed by atoms with van der Waals surface area (Å²) in [4.78, 5) is 12.9. The Morgan fingerprint density at radius 1 is 1.27 bits per heavy atom. The summed E-state index contributed by atoms with van der Waals surface area (Å²) >= 11 is 0. The molecule has 0 saturated heterocycles. The lowest BCUT2D eigenvalue weighted by molar-refractivity contribution is 0.271. The third-order valence-electron chi connectivity index (χ3n) is 4.58. The van der Waals surface area contributed by atoms with Crippen molar-refractivity contribution in [2.45, 2.75) is 57.9 Å². The van der Waals surface area contributed by atoms with E-state index in [9.17, 15) is 5.11 Å². The molecule has 3 rings (SSSR count). The number of rotatable bonds is 8. The van der Waals surface area contributed by atoms with E-state index in [-0.39, 0.29) is 24.5 Å². The van der Waals surface area contributed by atoms with Crippen LogP contribution < -0.4 is 15.8 Å². The van der Waals surface area contributed by atoms with Crippen molar-refractivity contribution in [2.75, 3.05) is 17.7 Å². The Bertz CT molecular complexity index is 758. The van der Waals surface area contributed by atoms with E-state index in [0.29, 0.717) is 17.5 Å². The molecule has 7 heteroatoms. The second-order valence-electron chi connectivity index (χ2n) is 7.05. The molecule has 26 heavy (non-hydrogen) atoms. The van der Waals surface area contributed by atoms with E-state index in [4.69, 9.17) is 10.5 Å². The van der Waals surface area contributed by atoms with Gasteiger partial charge in [-0.3, -0.25) is 4.98 Å². The summed E-state index contributed by atoms with van der Waals surface area (Å²) in [6.45, 7) is 6.20. The predicted octanol–water partition coefficient (Wildman–Crippen LogP) is 3.43. The zero-order valence-electron chi connectivity index (χ0n) is 15.6. The molecule has 1 aliphatic rings. The fourth-order valence-electron chi connectivity index (χ4n) is 2.74. The van der Waals surface area contributed by atoms with E-state index in [0.717, 1.165) is 23.4 Å². The second kappa shape index (κ2) is 7.86. The molecule has 2 aromatic rings. The molecule has 1 unspecified atom stereocenters. The Kier molecular flexibility index (Phi) is 5.56. The van der Waals surface area contributed by atoms with E-state index in [1.165, 1.54) is 12.8 Å². The van der Waals surface area contributed by atoms with Crippen LogP contribution in [0.4, 0.5) is 11.8 Å². The Hall–Kier alpha value is -2.41. The van der Waals surface area contributed by atoms with Gasteiger partial charge in [0.15, 0.2) is 11.6 Å². The van der Waals surface area contributed by atoms with Gasteiger partial charge in [-0.1, -0.05) is 20.8 Å². The number of ether oxygens (including phenoxy) is 1. The van der Waals surface area contributed by atoms with Crippen molar-refractivity contribution in [1.29, 1.82) is 0 Å². The van der Waals surface area contributed by atoms with E-state index >= 15 is 0 Å². The van der Waals surface area contributed by atoms with Crippen LogP contribution in [0.25, 0.3) is 0 Å². The lowest BCUT2D eigenvalue weighted by Gasteiger charge is -2.19. The van der Waals surface area contributed by atoms with Gasteiger partial charge in [0, 0.05) is 29.4 Å². The summed E-state index contributed by atoms with van der Waals surface area (Å²) in [6, 6.07) is 1.90. The highest BCUT2D eigenvalue weighted by Gasteiger charge is 2.26. The lowest BCUT2D eigenvalue weighted by atomic mass is 10.0. The first kappa shape index (κ1) is 18.4. The molecule has 0 amide bonds. The Morgan fingerprint density at radius 2 is 2.04 bits per heavy atom. The highest BCUT2D eigenvalue weighted by Crippen LogP contribution is 2.42. The molecule has 0 aromatic carbocycles. The van der Waals surface area contributed by atoms with Crippen LogP contribution in [0.3, 0.4) is 0 Å². The van der Waals surface area contributed by atoms with Gasteiger partial charge in [0.1, 0.15) is 5.75 Å². The maximum absolute atomic E-state index is 9.47. The van der Waals surface area contributed by atoms with Crippen LogP contribution in [0.15, 0.2) is 18.5 Å². The van der Waals surface area contributed by atoms with E-state index in [1.807, 2.05) is 19.2 Å². The van der Waals surface area contributed by atoms with Crippen LogP contribution in [-0.2, 0) is 0 Å². The number of anilines is 2. The summed E-state index contributed by atoms with van der Waals surface area (Å²) in [6.07, 6.45) is 6.58. The average Bonchev–Trinajstić information content (AvgIpc) is 3.46. The van der Waals surface area contributed by atoms with Crippen LogP contribution in [-0.4, -0.2) is 32.7 Å². The largest absolute Gasteiger partial charge is 0.451 e. The van der Waals surface area contributed by atoms with Gasteiger partial charge in [-0.25, -0.2) is 4.98 Å². The normalized spacial score (nSPS) is 15.1. The number of hydrogen-bond acceptors (Lipinski definition) is 7. The number of nitrogen functional groups attached to an aromatic ring is 1. The lowest BCUT2D eigenvalue weighted by Crippen LogP contribution is -2.23. The van der Waals surface area contributed by atoms with Crippen molar-refractivity contribution in [3.05, 3.63) is 29.7 Å². The third-order valence-corrected chi connectivity index (χ3v) is 4.58. The Morgan fingerprint density at radius 3 is 2.65 bits per heavy atom. The zero-order chi connectivity index (χ0) is 18.7. The quantitative estimate of drug-likeness (QED) is 0.664. The molecule has 7 nitrogen and oxygen atoms in total. The first-order valence-corrected chi connectivity index (χ1v) is 9.19. The Labute approximate surface area is 154 Å². The van der Waals surface area contributed by atoms with Crippen LogP contribution in [0.2, 0.25) is 0 Å². The van der Waals surface area contributed by atoms with Crippen molar-refractivity contribution < 1.29 is 9.84 Å². The standard InChI is InChI=1S/C19H27N5O2/c1-4-13(10-25)23-18-17(9-22-19(20)24-18)26-16-7-15(12-5-6-12)21-8-14(16)11(2)3/h7-9,11-13,25H,4-6,10H2,1-3H3,(H3,20,22,23,24). The minimum atomic E-state index is -0.129. The van der Waals surface area contributed by atoms with E-state index in [2.05, 4.69) is 34.1 Å². The monoisotopic (exact) mass is 357 g/mol. The maximum Gasteiger partial charge on any atom is 0.222 e. The molecule has 0 bridgehead atoms. The van der Waals surface area contributed by atoms with Crippen LogP contribution in [0, 0.1) is 0 Å². The minimum Gasteiger partial charge on any atom is -0.451 e. The maximum atomic E-state index is 9.47. The van der Waals surface area contributed by atoms with Gasteiger partial charge in [-0.2, -0.15) is 4.98 Å². The number of aromatic nitrogens is 3. The molecule has 1 fully saturated rings. The number of nitrogens with one attached hydrogen (secondary N) is 1. The predicted molar refractivity (Wildman–Crippen MR) is 102 cm³/mol. The highest BCUT2D eigenvalue weighted by atomic mass is 16.5. The summed E-state index contributed by atoms with van der Waals surface area (Å²) in [5.74, 6) is 2.71. The van der Waals surface area contributed by atoms with Crippen LogP contribution >= 0.6 is 0 Å². The summed E-state index contributed by atoms with van der Waals surface area (Å²) in [5, 5.41) is 12.7. The van der Waals surface area contributed by atoms with Crippen molar-refractivity contribution in [3.63, 3.8) is 0 Å². The molecule has 1 aliphatic carbocycles. The smallest absolute Gasteiger partial charge is 0.222 e. The highest BCUT2D eigenvalue weighted by molar-refractivity contribution is 5.54. The molecular weight excluding hydrogens is 330 g/mol. The molecule has 1 saturated carbocycles. The topological polar surface area (TPSA) is 106 Å². The molecule has 140 valence electrons. The van der Waals surface area contributed by atoms with Crippen molar-refractivity contribution >= 4 is 11.8 Å². The summed E-state index contributed by atoms with van der Waals surface area (Å²) in [5.41, 5.74) is 7.84. The van der Waals surface area contributed by atoms with Crippen molar-refractivity contribution in [2.24, 2.45) is 0 Å². The van der Waals surface area contributed by atoms with E-state index in [1.54, 1.807) is 6.20 Å². The molecule has 0 aliphatic heterocycles. The Balaban J connectivity index is 1.94. The number of pyridine rings is 1. The second-order valence-corrected chi connectivity index (χ2v) is 7.05. The fraction of sp³-hybridized carbons (Fsp3) is 0.526. The van der Waals surface area contributed by atoms with Crippen LogP contribution in [0.5, 0.6) is 11.5 Å². The average molecular weight is 357 g/mol. The summed E-state index contributed by atoms with van der Waals surface area (Å²) in [7, 11) is 0. The number of aliphatic hydroxyl groups excluding tert-OH is 1. The summed E-state index contributed by atoms with van der Waals surface area (Å²) < 4.78 is 6.20. The minimum absolute atomic E-state index is 0.00181. The SMILES string of the molecule is CCC(CO)Nc1nc(N)ncc1Oc1cc(C2CC2)ncc1C(C)C. The first-order chi connectivity index (χ1) is 12.5. The van der Waals surface area contributed by atoms with Gasteiger partial charge in [-0.05, 0) is 25.2 Å². The number of aliphatic hydroxyl groups is 1. The molecule has 2 aromatic heterocycles. The first-order valence-electron chi connectivity index (χ1n) is 9.19. The molecule has 4 N–H and O–H groups in total. The molecular formula is C19H27N5O2. The fourth-order valence-corrected chi connectivity index (χ4v) is 2.74. The van der Waals surface area contributed by atoms with Gasteiger partial charge in [-0.15, -0.1) is 0 Å². The molecule has 0 radical (unpaired) electrons. The van der Waals surface area contributed by atoms with Gasteiger partial charge >= 0.3 is 0 Å². The molecule has 0 spiro atoms. The number of hydrogen-bond donors (Lipinski definition) is 3. The van der Waals surface area contributed by atoms with Gasteiger partial charge in [0.25, 0.3) is 0 Å². The zero-order valence-corrected chi connectivity index (χ0v) is 15.6. The van der Waals surface area contributed by atoms with E-state index < -0.39 is 0 Å². The number of nitrogens with two attached hydrogens (primary N) is 1. The van der Waals surface area contributed by atoms with Crippen molar-refractivity contribution in [1.82, 2.24) is 15.0 Å². The van der Waals surface area contributed by atoms with Crippen molar-refractivity contribution in [3.8, 4) is 11.5 Å². The van der Waals surface area contributed by atoms with Crippen LogP contribution in [0.1, 0.15) is 63.1 Å². The van der Waals surface area contributed by atoms with Gasteiger partial charge in [0.2, 0.25) is 5.95 Å². The number of nitrogens with zero attached hydrogens (tertiary/aromatic N) is 3. The van der Waals surface area contributed by atoms with Gasteiger partial charge < -0.3 is 20.9 Å². The third kappa shape index (κ3) is 4.22.